The van der Waals surface area contributed by atoms with Crippen LogP contribution in [-0.4, -0.2) is 59.1 Å². The van der Waals surface area contributed by atoms with Crippen LogP contribution in [0.4, 0.5) is 0 Å². The number of likely N-dealkylation sites (tertiary alicyclic amines) is 1. The molecule has 3 aromatic rings. The summed E-state index contributed by atoms with van der Waals surface area (Å²) >= 11 is 1.36. The summed E-state index contributed by atoms with van der Waals surface area (Å²) in [6.45, 7) is 0.857. The molecule has 1 N–H and O–H groups in total. The molecule has 0 saturated carbocycles. The first-order chi connectivity index (χ1) is 14.0. The number of aliphatic hydroxyl groups is 1. The van der Waals surface area contributed by atoms with Gasteiger partial charge >= 0.3 is 0 Å². The normalized spacial score (nSPS) is 22.1. The molecule has 2 atom stereocenters. The van der Waals surface area contributed by atoms with Gasteiger partial charge < -0.3 is 10.0 Å². The molecular formula is C23H25N3O2S. The van der Waals surface area contributed by atoms with E-state index in [0.717, 1.165) is 16.8 Å². The molecule has 0 spiro atoms. The van der Waals surface area contributed by atoms with Gasteiger partial charge in [0.25, 0.3) is 5.91 Å². The van der Waals surface area contributed by atoms with Crippen LogP contribution in [0.3, 0.4) is 0 Å². The minimum absolute atomic E-state index is 0.114. The van der Waals surface area contributed by atoms with E-state index in [9.17, 15) is 9.90 Å². The van der Waals surface area contributed by atoms with E-state index in [1.165, 1.54) is 11.3 Å². The average Bonchev–Trinajstić information content (AvgIpc) is 3.24. The molecule has 2 heterocycles. The molecule has 150 valence electrons. The van der Waals surface area contributed by atoms with Gasteiger partial charge in [-0.2, -0.15) is 0 Å². The minimum Gasteiger partial charge on any atom is -0.389 e. The lowest BCUT2D eigenvalue weighted by molar-refractivity contribution is -0.0612. The third kappa shape index (κ3) is 3.59. The number of likely N-dealkylation sites (N-methyl/N-ethyl adjacent to an activating group) is 1. The molecule has 5 nitrogen and oxygen atoms in total. The van der Waals surface area contributed by atoms with Crippen LogP contribution in [-0.2, 0) is 5.54 Å². The molecule has 1 amide bonds. The molecule has 0 unspecified atom stereocenters. The SMILES string of the molecule is CN(C)[C@]1(c2ccccc2)CCN(C(=O)c2nc(-c3ccccc3)cs2)C[C@H]1O. The number of rotatable bonds is 4. The number of carbonyl (C=O) groups excluding carboxylic acids is 1. The lowest BCUT2D eigenvalue weighted by Gasteiger charge is -2.49. The number of hydrogen-bond donors (Lipinski definition) is 1. The van der Waals surface area contributed by atoms with Gasteiger partial charge in [-0.05, 0) is 26.1 Å². The molecule has 1 fully saturated rings. The van der Waals surface area contributed by atoms with E-state index in [-0.39, 0.29) is 12.5 Å². The topological polar surface area (TPSA) is 56.7 Å². The van der Waals surface area contributed by atoms with Crippen LogP contribution in [0, 0.1) is 0 Å². The Balaban J connectivity index is 1.54. The van der Waals surface area contributed by atoms with Gasteiger partial charge in [0.15, 0.2) is 5.01 Å². The van der Waals surface area contributed by atoms with Gasteiger partial charge in [-0.25, -0.2) is 4.98 Å². The van der Waals surface area contributed by atoms with Gasteiger partial charge in [-0.15, -0.1) is 11.3 Å². The van der Waals surface area contributed by atoms with Gasteiger partial charge in [0.05, 0.1) is 17.3 Å². The zero-order chi connectivity index (χ0) is 20.4. The van der Waals surface area contributed by atoms with Crippen LogP contribution in [0.15, 0.2) is 66.0 Å². The van der Waals surface area contributed by atoms with Crippen molar-refractivity contribution in [2.75, 3.05) is 27.2 Å². The first-order valence-electron chi connectivity index (χ1n) is 9.73. The summed E-state index contributed by atoms with van der Waals surface area (Å²) in [5.41, 5.74) is 2.38. The maximum Gasteiger partial charge on any atom is 0.282 e. The summed E-state index contributed by atoms with van der Waals surface area (Å²) in [6, 6.07) is 19.9. The Hall–Kier alpha value is -2.54. The highest BCUT2D eigenvalue weighted by Gasteiger charge is 2.46. The second kappa shape index (κ2) is 8.06. The number of aromatic nitrogens is 1. The molecule has 1 aliphatic heterocycles. The molecule has 1 saturated heterocycles. The molecule has 0 aliphatic carbocycles. The smallest absolute Gasteiger partial charge is 0.282 e. The van der Waals surface area contributed by atoms with E-state index in [4.69, 9.17) is 0 Å². The number of carbonyl (C=O) groups is 1. The predicted octanol–water partition coefficient (Wildman–Crippen LogP) is 3.47. The van der Waals surface area contributed by atoms with Crippen LogP contribution < -0.4 is 0 Å². The number of amides is 1. The fourth-order valence-corrected chi connectivity index (χ4v) is 4.99. The molecule has 2 aromatic carbocycles. The average molecular weight is 408 g/mol. The van der Waals surface area contributed by atoms with E-state index in [0.29, 0.717) is 18.0 Å². The van der Waals surface area contributed by atoms with Crippen molar-refractivity contribution in [2.24, 2.45) is 0 Å². The van der Waals surface area contributed by atoms with Crippen LogP contribution in [0.25, 0.3) is 11.3 Å². The third-order valence-electron chi connectivity index (χ3n) is 5.82. The summed E-state index contributed by atoms with van der Waals surface area (Å²) in [4.78, 5) is 21.4. The number of piperidine rings is 1. The van der Waals surface area contributed by atoms with Crippen molar-refractivity contribution in [3.8, 4) is 11.3 Å². The largest absolute Gasteiger partial charge is 0.389 e. The Labute approximate surface area is 175 Å². The number of hydrogen-bond acceptors (Lipinski definition) is 5. The number of thiazole rings is 1. The van der Waals surface area contributed by atoms with Gasteiger partial charge in [0, 0.05) is 24.0 Å². The Morgan fingerprint density at radius 2 is 1.79 bits per heavy atom. The zero-order valence-electron chi connectivity index (χ0n) is 16.7. The maximum absolute atomic E-state index is 13.1. The standard InChI is InChI=1S/C23H25N3O2S/c1-25(2)23(18-11-7-4-8-12-18)13-14-26(15-20(23)27)22(28)21-24-19(16-29-21)17-9-5-3-6-10-17/h3-12,16,20,27H,13-15H2,1-2H3/t20-,23+/m1/s1. The second-order valence-electron chi connectivity index (χ2n) is 7.61. The van der Waals surface area contributed by atoms with E-state index in [1.54, 1.807) is 4.90 Å². The molecule has 0 bridgehead atoms. The Bertz CT molecular complexity index is 974. The summed E-state index contributed by atoms with van der Waals surface area (Å²) in [5, 5.41) is 13.5. The van der Waals surface area contributed by atoms with E-state index in [2.05, 4.69) is 9.88 Å². The van der Waals surface area contributed by atoms with Crippen molar-refractivity contribution in [2.45, 2.75) is 18.1 Å². The fraction of sp³-hybridized carbons (Fsp3) is 0.304. The zero-order valence-corrected chi connectivity index (χ0v) is 17.5. The van der Waals surface area contributed by atoms with Crippen LogP contribution in [0.1, 0.15) is 21.8 Å². The van der Waals surface area contributed by atoms with Gasteiger partial charge in [0.1, 0.15) is 0 Å². The van der Waals surface area contributed by atoms with E-state index < -0.39 is 11.6 Å². The van der Waals surface area contributed by atoms with Gasteiger partial charge in [-0.1, -0.05) is 60.7 Å². The number of aliphatic hydroxyl groups excluding tert-OH is 1. The predicted molar refractivity (Wildman–Crippen MR) is 116 cm³/mol. The van der Waals surface area contributed by atoms with E-state index >= 15 is 0 Å². The highest BCUT2D eigenvalue weighted by Crippen LogP contribution is 2.38. The highest BCUT2D eigenvalue weighted by atomic mass is 32.1. The lowest BCUT2D eigenvalue weighted by Crippen LogP contribution is -2.60. The second-order valence-corrected chi connectivity index (χ2v) is 8.46. The Morgan fingerprint density at radius 3 is 2.41 bits per heavy atom. The third-order valence-corrected chi connectivity index (χ3v) is 6.65. The summed E-state index contributed by atoms with van der Waals surface area (Å²) in [6.07, 6.45) is -0.0282. The molecule has 29 heavy (non-hydrogen) atoms. The highest BCUT2D eigenvalue weighted by molar-refractivity contribution is 7.12. The van der Waals surface area contributed by atoms with Crippen molar-refractivity contribution >= 4 is 17.2 Å². The van der Waals surface area contributed by atoms with Crippen LogP contribution in [0.5, 0.6) is 0 Å². The molecule has 4 rings (SSSR count). The lowest BCUT2D eigenvalue weighted by atomic mass is 9.77. The van der Waals surface area contributed by atoms with E-state index in [1.807, 2.05) is 80.1 Å². The van der Waals surface area contributed by atoms with Crippen molar-refractivity contribution in [3.63, 3.8) is 0 Å². The fourth-order valence-electron chi connectivity index (χ4n) is 4.20. The van der Waals surface area contributed by atoms with Crippen LogP contribution in [0.2, 0.25) is 0 Å². The number of benzene rings is 2. The van der Waals surface area contributed by atoms with Gasteiger partial charge in [-0.3, -0.25) is 9.69 Å². The monoisotopic (exact) mass is 407 g/mol. The summed E-state index contributed by atoms with van der Waals surface area (Å²) in [5.74, 6) is -0.114. The molecule has 0 radical (unpaired) electrons. The molecule has 1 aliphatic rings. The maximum atomic E-state index is 13.1. The first-order valence-corrected chi connectivity index (χ1v) is 10.6. The van der Waals surface area contributed by atoms with Crippen molar-refractivity contribution in [1.29, 1.82) is 0 Å². The molecule has 1 aromatic heterocycles. The van der Waals surface area contributed by atoms with Crippen molar-refractivity contribution in [1.82, 2.24) is 14.8 Å². The number of β-amino-alcohol motifs (C(OH)–C–C–N with tert-alkyl or cyclic N) is 1. The number of nitrogens with zero attached hydrogens (tertiary/aromatic N) is 3. The van der Waals surface area contributed by atoms with Crippen molar-refractivity contribution < 1.29 is 9.90 Å². The minimum atomic E-state index is -0.689. The first kappa shape index (κ1) is 19.8. The molecule has 6 heteroatoms. The van der Waals surface area contributed by atoms with Crippen molar-refractivity contribution in [3.05, 3.63) is 76.6 Å². The Kier molecular flexibility index (Phi) is 5.50. The van der Waals surface area contributed by atoms with Crippen LogP contribution >= 0.6 is 11.3 Å². The summed E-state index contributed by atoms with van der Waals surface area (Å²) in [7, 11) is 3.97. The summed E-state index contributed by atoms with van der Waals surface area (Å²) < 4.78 is 0. The molecular weight excluding hydrogens is 382 g/mol. The van der Waals surface area contributed by atoms with Gasteiger partial charge in [0.2, 0.25) is 0 Å². The quantitative estimate of drug-likeness (QED) is 0.720. The Morgan fingerprint density at radius 1 is 1.14 bits per heavy atom.